The zero-order valence-corrected chi connectivity index (χ0v) is 22.9. The van der Waals surface area contributed by atoms with Crippen LogP contribution in [0.4, 0.5) is 0 Å². The van der Waals surface area contributed by atoms with E-state index in [1.807, 2.05) is 55.4 Å². The van der Waals surface area contributed by atoms with Gasteiger partial charge < -0.3 is 4.90 Å². The predicted molar refractivity (Wildman–Crippen MR) is 139 cm³/mol. The molecule has 0 N–H and O–H groups in total. The molecule has 4 heteroatoms. The first-order valence-corrected chi connectivity index (χ1v) is 12.6. The number of aryl methyl sites for hydroxylation is 1. The molecule has 2 rings (SSSR count). The number of likely N-dealkylation sites (tertiary alicyclic amines) is 1. The maximum atomic E-state index is 11.9. The highest BCUT2D eigenvalue weighted by Gasteiger charge is 2.34. The van der Waals surface area contributed by atoms with Gasteiger partial charge in [0.05, 0.1) is 13.0 Å². The molecule has 0 radical (unpaired) electrons. The Morgan fingerprint density at radius 2 is 1.45 bits per heavy atom. The Kier molecular flexibility index (Phi) is 25.7. The summed E-state index contributed by atoms with van der Waals surface area (Å²) in [5.41, 5.74) is 2.83. The lowest BCUT2D eigenvalue weighted by Gasteiger charge is -2.39. The number of rotatable bonds is 8. The quantitative estimate of drug-likeness (QED) is 0.318. The van der Waals surface area contributed by atoms with Gasteiger partial charge in [0.2, 0.25) is 0 Å². The monoisotopic (exact) mass is 438 g/mol. The molecule has 0 bridgehead atoms. The Bertz CT molecular complexity index is 494. The van der Waals surface area contributed by atoms with Crippen LogP contribution in [0.5, 0.6) is 0 Å². The molecule has 4 nitrogen and oxygen atoms in total. The fourth-order valence-corrected chi connectivity index (χ4v) is 2.99. The minimum Gasteiger partial charge on any atom is -0.302 e. The third-order valence-corrected chi connectivity index (χ3v) is 4.73. The van der Waals surface area contributed by atoms with E-state index >= 15 is 0 Å². The lowest BCUT2D eigenvalue weighted by atomic mass is 9.97. The molecule has 1 aliphatic rings. The third-order valence-electron chi connectivity index (χ3n) is 4.73. The van der Waals surface area contributed by atoms with Gasteiger partial charge in [0.25, 0.3) is 5.91 Å². The average Bonchev–Trinajstić information content (AvgIpc) is 2.82. The third kappa shape index (κ3) is 14.3. The average molecular weight is 439 g/mol. The van der Waals surface area contributed by atoms with Crippen molar-refractivity contribution in [3.8, 4) is 0 Å². The number of hydroxylamine groups is 2. The summed E-state index contributed by atoms with van der Waals surface area (Å²) in [6.07, 6.45) is 3.53. The van der Waals surface area contributed by atoms with E-state index in [0.717, 1.165) is 26.1 Å². The van der Waals surface area contributed by atoms with Gasteiger partial charge in [-0.2, -0.15) is 0 Å². The van der Waals surface area contributed by atoms with E-state index in [0.29, 0.717) is 5.92 Å². The Morgan fingerprint density at radius 1 is 0.968 bits per heavy atom. The van der Waals surface area contributed by atoms with Crippen molar-refractivity contribution in [1.82, 2.24) is 9.96 Å². The maximum absolute atomic E-state index is 11.9. The Morgan fingerprint density at radius 3 is 1.87 bits per heavy atom. The molecule has 0 aromatic heterocycles. The number of hydrogen-bond acceptors (Lipinski definition) is 3. The zero-order chi connectivity index (χ0) is 24.8. The van der Waals surface area contributed by atoms with Crippen LogP contribution in [0, 0.1) is 5.92 Å². The Hall–Kier alpha value is -1.39. The van der Waals surface area contributed by atoms with Crippen molar-refractivity contribution in [1.29, 1.82) is 0 Å². The second-order valence-corrected chi connectivity index (χ2v) is 6.83. The summed E-state index contributed by atoms with van der Waals surface area (Å²) in [4.78, 5) is 19.2. The van der Waals surface area contributed by atoms with E-state index in [2.05, 4.69) is 43.0 Å². The first kappa shape index (κ1) is 34.2. The van der Waals surface area contributed by atoms with Crippen molar-refractivity contribution >= 4 is 5.91 Å². The molecular weight excluding hydrogens is 384 g/mol. The molecule has 0 spiro atoms. The number of unbranched alkanes of at least 4 members (excludes halogenated alkanes) is 1. The van der Waals surface area contributed by atoms with Crippen LogP contribution in [0.1, 0.15) is 99.1 Å². The molecule has 0 saturated carbocycles. The van der Waals surface area contributed by atoms with E-state index in [9.17, 15) is 4.79 Å². The number of hydrogen-bond donors (Lipinski definition) is 0. The number of amides is 1. The largest absolute Gasteiger partial charge is 0.302 e. The highest BCUT2D eigenvalue weighted by molar-refractivity contribution is 5.78. The van der Waals surface area contributed by atoms with E-state index in [4.69, 9.17) is 4.84 Å². The van der Waals surface area contributed by atoms with Crippen molar-refractivity contribution < 1.29 is 9.63 Å². The second-order valence-electron chi connectivity index (χ2n) is 6.83. The topological polar surface area (TPSA) is 32.8 Å². The lowest BCUT2D eigenvalue weighted by Crippen LogP contribution is -2.53. The Balaban J connectivity index is -0.000000879. The van der Waals surface area contributed by atoms with E-state index in [1.165, 1.54) is 36.1 Å². The maximum Gasteiger partial charge on any atom is 0.251 e. The molecule has 0 aliphatic carbocycles. The summed E-state index contributed by atoms with van der Waals surface area (Å²) in [6, 6.07) is 9.01. The van der Waals surface area contributed by atoms with Crippen LogP contribution in [0.25, 0.3) is 0 Å². The van der Waals surface area contributed by atoms with Crippen molar-refractivity contribution in [3.63, 3.8) is 0 Å². The smallest absolute Gasteiger partial charge is 0.251 e. The summed E-state index contributed by atoms with van der Waals surface area (Å²) in [5.74, 6) is 0.806. The van der Waals surface area contributed by atoms with Gasteiger partial charge in [-0.1, -0.05) is 93.5 Å². The van der Waals surface area contributed by atoms with Gasteiger partial charge >= 0.3 is 0 Å². The van der Waals surface area contributed by atoms with Gasteiger partial charge in [-0.15, -0.1) is 0 Å². The molecule has 1 aromatic carbocycles. The highest BCUT2D eigenvalue weighted by atomic mass is 16.7. The van der Waals surface area contributed by atoms with Crippen LogP contribution in [-0.2, 0) is 16.1 Å². The molecule has 184 valence electrons. The predicted octanol–water partition coefficient (Wildman–Crippen LogP) is 7.19. The van der Waals surface area contributed by atoms with Crippen LogP contribution in [0.3, 0.4) is 0 Å². The zero-order valence-electron chi connectivity index (χ0n) is 22.9. The van der Waals surface area contributed by atoms with Gasteiger partial charge in [0.15, 0.2) is 0 Å². The number of carbonyl (C=O) groups is 1. The van der Waals surface area contributed by atoms with E-state index in [-0.39, 0.29) is 11.8 Å². The summed E-state index contributed by atoms with van der Waals surface area (Å²) in [5, 5.41) is 1.34. The van der Waals surface area contributed by atoms with E-state index < -0.39 is 0 Å². The Labute approximate surface area is 195 Å². The summed E-state index contributed by atoms with van der Waals surface area (Å²) >= 11 is 0. The standard InChI is InChI=1S/C19H30N2O2.4C2H6/c1-15(2)17-10-8-16(9-11-17)7-5-6-12-21-13-18(14-21)19(22)20(3)23-4;4*1-2/h8-11,15,18H,5-7,12-14H2,1-4H3;4*1-2H3. The van der Waals surface area contributed by atoms with Crippen molar-refractivity contribution in [2.24, 2.45) is 5.92 Å². The first-order valence-electron chi connectivity index (χ1n) is 12.6. The molecule has 0 unspecified atom stereocenters. The van der Waals surface area contributed by atoms with Gasteiger partial charge in [0.1, 0.15) is 0 Å². The minimum absolute atomic E-state index is 0.0917. The normalized spacial score (nSPS) is 12.4. The molecule has 1 heterocycles. The van der Waals surface area contributed by atoms with Crippen LogP contribution in [-0.4, -0.2) is 49.7 Å². The number of carbonyl (C=O) groups excluding carboxylic acids is 1. The first-order chi connectivity index (χ1) is 15.0. The second kappa shape index (κ2) is 23.3. The minimum atomic E-state index is 0.0917. The van der Waals surface area contributed by atoms with Gasteiger partial charge in [0, 0.05) is 20.1 Å². The summed E-state index contributed by atoms with van der Waals surface area (Å²) in [7, 11) is 3.21. The van der Waals surface area contributed by atoms with E-state index in [1.54, 1.807) is 7.05 Å². The van der Waals surface area contributed by atoms with Crippen LogP contribution in [0.15, 0.2) is 24.3 Å². The molecule has 1 aliphatic heterocycles. The van der Waals surface area contributed by atoms with Crippen molar-refractivity contribution in [2.45, 2.75) is 94.4 Å². The molecule has 0 atom stereocenters. The fourth-order valence-electron chi connectivity index (χ4n) is 2.99. The van der Waals surface area contributed by atoms with Crippen LogP contribution >= 0.6 is 0 Å². The summed E-state index contributed by atoms with van der Waals surface area (Å²) in [6.45, 7) is 23.3. The molecule has 31 heavy (non-hydrogen) atoms. The number of benzene rings is 1. The molecule has 1 aromatic rings. The van der Waals surface area contributed by atoms with Gasteiger partial charge in [-0.3, -0.25) is 9.63 Å². The summed E-state index contributed by atoms with van der Waals surface area (Å²) < 4.78 is 0. The molecular formula is C27H54N2O2. The molecule has 1 fully saturated rings. The van der Waals surface area contributed by atoms with Crippen molar-refractivity contribution in [3.05, 3.63) is 35.4 Å². The van der Waals surface area contributed by atoms with Gasteiger partial charge in [-0.25, -0.2) is 5.06 Å². The highest BCUT2D eigenvalue weighted by Crippen LogP contribution is 2.19. The van der Waals surface area contributed by atoms with Gasteiger partial charge in [-0.05, 0) is 42.9 Å². The molecule has 1 amide bonds. The SMILES string of the molecule is CC.CC.CC.CC.CON(C)C(=O)C1CN(CCCCc2ccc(C(C)C)cc2)C1. The van der Waals surface area contributed by atoms with Crippen LogP contribution in [0.2, 0.25) is 0 Å². The fraction of sp³-hybridized carbons (Fsp3) is 0.741. The van der Waals surface area contributed by atoms with Crippen molar-refractivity contribution in [2.75, 3.05) is 33.8 Å². The van der Waals surface area contributed by atoms with Crippen LogP contribution < -0.4 is 0 Å². The molecule has 1 saturated heterocycles. The lowest BCUT2D eigenvalue weighted by molar-refractivity contribution is -0.178. The number of nitrogens with zero attached hydrogens (tertiary/aromatic N) is 2.